The van der Waals surface area contributed by atoms with Crippen molar-refractivity contribution < 1.29 is 13.5 Å². The van der Waals surface area contributed by atoms with Crippen molar-refractivity contribution in [2.45, 2.75) is 33.2 Å². The van der Waals surface area contributed by atoms with Gasteiger partial charge in [-0.1, -0.05) is 43.7 Å². The number of hydrogen-bond donors (Lipinski definition) is 2. The van der Waals surface area contributed by atoms with E-state index in [1.54, 1.807) is 6.08 Å². The van der Waals surface area contributed by atoms with Crippen molar-refractivity contribution in [2.75, 3.05) is 6.61 Å². The van der Waals surface area contributed by atoms with Crippen LogP contribution in [0.25, 0.3) is 6.08 Å². The molecule has 0 heterocycles. The van der Waals surface area contributed by atoms with Gasteiger partial charge in [0.25, 0.3) is 0 Å². The van der Waals surface area contributed by atoms with Gasteiger partial charge in [-0.25, -0.2) is 13.1 Å². The van der Waals surface area contributed by atoms with Crippen LogP contribution in [0.1, 0.15) is 31.4 Å². The third-order valence-corrected chi connectivity index (χ3v) is 3.98. The molecular formula is C15H23NO3S. The van der Waals surface area contributed by atoms with Gasteiger partial charge < -0.3 is 5.11 Å². The highest BCUT2D eigenvalue weighted by Gasteiger charge is 2.15. The third-order valence-electron chi connectivity index (χ3n) is 2.82. The fourth-order valence-electron chi connectivity index (χ4n) is 1.85. The lowest BCUT2D eigenvalue weighted by Gasteiger charge is -2.16. The van der Waals surface area contributed by atoms with Gasteiger partial charge in [-0.2, -0.15) is 0 Å². The van der Waals surface area contributed by atoms with Gasteiger partial charge in [0.05, 0.1) is 6.61 Å². The Kier molecular flexibility index (Phi) is 6.39. The molecule has 5 heteroatoms. The van der Waals surface area contributed by atoms with E-state index in [0.29, 0.717) is 12.3 Å². The lowest BCUT2D eigenvalue weighted by Crippen LogP contribution is -2.37. The van der Waals surface area contributed by atoms with Gasteiger partial charge in [0.2, 0.25) is 10.0 Å². The van der Waals surface area contributed by atoms with E-state index in [-0.39, 0.29) is 6.61 Å². The van der Waals surface area contributed by atoms with Crippen LogP contribution in [0.3, 0.4) is 0 Å². The van der Waals surface area contributed by atoms with Crippen LogP contribution in [0.5, 0.6) is 0 Å². The predicted molar refractivity (Wildman–Crippen MR) is 82.6 cm³/mol. The molecule has 112 valence electrons. The Morgan fingerprint density at radius 1 is 1.25 bits per heavy atom. The number of rotatable bonds is 7. The highest BCUT2D eigenvalue weighted by Crippen LogP contribution is 2.08. The fourth-order valence-corrected chi connectivity index (χ4v) is 2.90. The molecule has 0 saturated carbocycles. The normalized spacial score (nSPS) is 14.1. The third kappa shape index (κ3) is 6.32. The Hall–Kier alpha value is -1.17. The lowest BCUT2D eigenvalue weighted by atomic mass is 10.1. The second-order valence-electron chi connectivity index (χ2n) is 5.39. The summed E-state index contributed by atoms with van der Waals surface area (Å²) in [7, 11) is -3.54. The summed E-state index contributed by atoms with van der Waals surface area (Å²) in [5.74, 6) is 0.316. The van der Waals surface area contributed by atoms with Crippen LogP contribution >= 0.6 is 0 Å². The first-order valence-corrected chi connectivity index (χ1v) is 8.25. The summed E-state index contributed by atoms with van der Waals surface area (Å²) in [6.45, 7) is 5.75. The fraction of sp³-hybridized carbons (Fsp3) is 0.467. The topological polar surface area (TPSA) is 66.4 Å². The van der Waals surface area contributed by atoms with Crippen LogP contribution in [-0.4, -0.2) is 26.2 Å². The molecule has 4 nitrogen and oxygen atoms in total. The zero-order valence-electron chi connectivity index (χ0n) is 12.2. The molecule has 1 aromatic rings. The molecule has 0 aliphatic rings. The van der Waals surface area contributed by atoms with Gasteiger partial charge in [0.15, 0.2) is 0 Å². The minimum absolute atomic E-state index is 0.199. The van der Waals surface area contributed by atoms with Gasteiger partial charge in [-0.15, -0.1) is 0 Å². The molecule has 0 bridgehead atoms. The summed E-state index contributed by atoms with van der Waals surface area (Å²) in [6.07, 6.45) is 2.15. The molecule has 0 aliphatic heterocycles. The smallest absolute Gasteiger partial charge is 0.234 e. The number of aryl methyl sites for hydroxylation is 1. The molecule has 1 rings (SSSR count). The molecule has 1 aromatic carbocycles. The van der Waals surface area contributed by atoms with Crippen molar-refractivity contribution >= 4 is 16.1 Å². The van der Waals surface area contributed by atoms with Crippen molar-refractivity contribution in [1.29, 1.82) is 0 Å². The molecule has 20 heavy (non-hydrogen) atoms. The zero-order chi connectivity index (χ0) is 15.2. The average Bonchev–Trinajstić information content (AvgIpc) is 2.36. The first-order chi connectivity index (χ1) is 9.32. The summed E-state index contributed by atoms with van der Waals surface area (Å²) >= 11 is 0. The standard InChI is InChI=1S/C15H23NO3S/c1-12(2)10-15(11-17)16-20(18,19)9-8-14-6-4-13(3)5-7-14/h4-9,12,15-17H,10-11H2,1-3H3/b9-8+. The second-order valence-corrected chi connectivity index (χ2v) is 6.98. The summed E-state index contributed by atoms with van der Waals surface area (Å²) in [6, 6.07) is 7.13. The first kappa shape index (κ1) is 16.9. The monoisotopic (exact) mass is 297 g/mol. The van der Waals surface area contributed by atoms with E-state index in [9.17, 15) is 13.5 Å². The van der Waals surface area contributed by atoms with Crippen LogP contribution in [0.15, 0.2) is 29.7 Å². The molecule has 0 fully saturated rings. The predicted octanol–water partition coefficient (Wildman–Crippen LogP) is 2.29. The van der Waals surface area contributed by atoms with Crippen molar-refractivity contribution in [1.82, 2.24) is 4.72 Å². The maximum atomic E-state index is 11.9. The SMILES string of the molecule is Cc1ccc(/C=C/S(=O)(=O)NC(CO)CC(C)C)cc1. The van der Waals surface area contributed by atoms with Gasteiger partial charge in [-0.3, -0.25) is 0 Å². The summed E-state index contributed by atoms with van der Waals surface area (Å²) in [4.78, 5) is 0. The number of benzene rings is 1. The lowest BCUT2D eigenvalue weighted by molar-refractivity contribution is 0.240. The van der Waals surface area contributed by atoms with Crippen molar-refractivity contribution in [3.05, 3.63) is 40.8 Å². The van der Waals surface area contributed by atoms with E-state index in [1.165, 1.54) is 0 Å². The Morgan fingerprint density at radius 3 is 2.35 bits per heavy atom. The summed E-state index contributed by atoms with van der Waals surface area (Å²) in [5, 5.41) is 10.3. The number of hydrogen-bond acceptors (Lipinski definition) is 3. The van der Waals surface area contributed by atoms with E-state index >= 15 is 0 Å². The number of sulfonamides is 1. The van der Waals surface area contributed by atoms with Gasteiger partial charge >= 0.3 is 0 Å². The van der Waals surface area contributed by atoms with Crippen molar-refractivity contribution in [2.24, 2.45) is 5.92 Å². The number of aliphatic hydroxyl groups excluding tert-OH is 1. The number of aliphatic hydroxyl groups is 1. The second kappa shape index (κ2) is 7.57. The first-order valence-electron chi connectivity index (χ1n) is 6.70. The highest BCUT2D eigenvalue weighted by molar-refractivity contribution is 7.92. The van der Waals surface area contributed by atoms with Crippen molar-refractivity contribution in [3.8, 4) is 0 Å². The Morgan fingerprint density at radius 2 is 1.85 bits per heavy atom. The molecule has 1 unspecified atom stereocenters. The van der Waals surface area contributed by atoms with E-state index in [0.717, 1.165) is 16.5 Å². The minimum atomic E-state index is -3.54. The van der Waals surface area contributed by atoms with Crippen LogP contribution in [-0.2, 0) is 10.0 Å². The quantitative estimate of drug-likeness (QED) is 0.811. The molecule has 0 aliphatic carbocycles. The summed E-state index contributed by atoms with van der Waals surface area (Å²) in [5.41, 5.74) is 1.95. The summed E-state index contributed by atoms with van der Waals surface area (Å²) < 4.78 is 26.3. The van der Waals surface area contributed by atoms with Crippen LogP contribution < -0.4 is 4.72 Å². The molecule has 1 atom stereocenters. The Labute approximate surface area is 121 Å². The largest absolute Gasteiger partial charge is 0.395 e. The Balaban J connectivity index is 2.71. The molecule has 0 spiro atoms. The molecule has 0 amide bonds. The van der Waals surface area contributed by atoms with Crippen LogP contribution in [0, 0.1) is 12.8 Å². The molecule has 0 aromatic heterocycles. The molecule has 0 saturated heterocycles. The van der Waals surface area contributed by atoms with Crippen molar-refractivity contribution in [3.63, 3.8) is 0 Å². The molecule has 0 radical (unpaired) electrons. The molecular weight excluding hydrogens is 274 g/mol. The van der Waals surface area contributed by atoms with E-state index in [1.807, 2.05) is 45.0 Å². The maximum Gasteiger partial charge on any atom is 0.234 e. The highest BCUT2D eigenvalue weighted by atomic mass is 32.2. The average molecular weight is 297 g/mol. The van der Waals surface area contributed by atoms with Gasteiger partial charge in [-0.05, 0) is 30.9 Å². The van der Waals surface area contributed by atoms with Gasteiger partial charge in [0.1, 0.15) is 0 Å². The van der Waals surface area contributed by atoms with E-state index in [2.05, 4.69) is 4.72 Å². The van der Waals surface area contributed by atoms with E-state index in [4.69, 9.17) is 0 Å². The number of nitrogens with one attached hydrogen (secondary N) is 1. The zero-order valence-corrected chi connectivity index (χ0v) is 13.0. The van der Waals surface area contributed by atoms with E-state index < -0.39 is 16.1 Å². The van der Waals surface area contributed by atoms with Crippen LogP contribution in [0.2, 0.25) is 0 Å². The molecule has 2 N–H and O–H groups in total. The van der Waals surface area contributed by atoms with Crippen LogP contribution in [0.4, 0.5) is 0 Å². The van der Waals surface area contributed by atoms with Gasteiger partial charge in [0, 0.05) is 11.4 Å². The minimum Gasteiger partial charge on any atom is -0.395 e. The Bertz CT molecular complexity index is 533. The maximum absolute atomic E-state index is 11.9.